The minimum absolute atomic E-state index is 0.196. The van der Waals surface area contributed by atoms with Crippen LogP contribution in [0, 0.1) is 5.92 Å². The molecule has 0 heterocycles. The molecule has 3 N–H and O–H groups in total. The number of nitrogens with zero attached hydrogens (tertiary/aromatic N) is 1. The second-order valence-corrected chi connectivity index (χ2v) is 5.52. The maximum Gasteiger partial charge on any atom is 0.323 e. The van der Waals surface area contributed by atoms with Crippen molar-refractivity contribution in [3.63, 3.8) is 0 Å². The van der Waals surface area contributed by atoms with Crippen LogP contribution in [0.2, 0.25) is 0 Å². The lowest BCUT2D eigenvalue weighted by atomic mass is 9.93. The average Bonchev–Trinajstić information content (AvgIpc) is 2.97. The Bertz CT molecular complexity index is 262. The Morgan fingerprint density at radius 1 is 1.56 bits per heavy atom. The van der Waals surface area contributed by atoms with Crippen LogP contribution in [-0.2, 0) is 4.79 Å². The van der Waals surface area contributed by atoms with E-state index in [0.29, 0.717) is 12.5 Å². The maximum atomic E-state index is 11.0. The van der Waals surface area contributed by atoms with Gasteiger partial charge < -0.3 is 15.7 Å². The highest BCUT2D eigenvalue weighted by Gasteiger charge is 2.36. The van der Waals surface area contributed by atoms with Gasteiger partial charge >= 0.3 is 5.97 Å². The van der Waals surface area contributed by atoms with Crippen LogP contribution in [0.5, 0.6) is 0 Å². The van der Waals surface area contributed by atoms with E-state index in [9.17, 15) is 4.79 Å². The largest absolute Gasteiger partial charge is 0.480 e. The lowest BCUT2D eigenvalue weighted by Crippen LogP contribution is -2.51. The monoisotopic (exact) mass is 228 g/mol. The molecule has 0 aliphatic heterocycles. The summed E-state index contributed by atoms with van der Waals surface area (Å²) in [5.74, 6) is -0.131. The van der Waals surface area contributed by atoms with Crippen LogP contribution in [0.1, 0.15) is 40.0 Å². The summed E-state index contributed by atoms with van der Waals surface area (Å²) < 4.78 is 0. The molecule has 1 aliphatic rings. The third kappa shape index (κ3) is 3.19. The third-order valence-corrected chi connectivity index (χ3v) is 3.85. The Balaban J connectivity index is 2.50. The van der Waals surface area contributed by atoms with Gasteiger partial charge in [0.15, 0.2) is 0 Å². The molecular formula is C12H24N2O2. The van der Waals surface area contributed by atoms with Crippen molar-refractivity contribution in [2.45, 2.75) is 57.7 Å². The molecule has 3 unspecified atom stereocenters. The van der Waals surface area contributed by atoms with Crippen molar-refractivity contribution in [1.82, 2.24) is 4.90 Å². The van der Waals surface area contributed by atoms with E-state index in [4.69, 9.17) is 10.8 Å². The topological polar surface area (TPSA) is 66.6 Å². The molecule has 4 nitrogen and oxygen atoms in total. The SMILES string of the molecule is CC(CC(C)(N)C(=O)O)N(C)C(C)C1CC1. The number of aliphatic carboxylic acids is 1. The van der Waals surface area contributed by atoms with Crippen molar-refractivity contribution >= 4 is 5.97 Å². The number of nitrogens with two attached hydrogens (primary N) is 1. The lowest BCUT2D eigenvalue weighted by molar-refractivity contribution is -0.143. The maximum absolute atomic E-state index is 11.0. The molecule has 0 aromatic heterocycles. The fourth-order valence-corrected chi connectivity index (χ4v) is 2.16. The van der Waals surface area contributed by atoms with Crippen molar-refractivity contribution in [2.24, 2.45) is 11.7 Å². The Labute approximate surface area is 97.8 Å². The first-order valence-electron chi connectivity index (χ1n) is 6.00. The lowest BCUT2D eigenvalue weighted by Gasteiger charge is -2.34. The van der Waals surface area contributed by atoms with Gasteiger partial charge in [-0.15, -0.1) is 0 Å². The molecule has 0 aromatic rings. The smallest absolute Gasteiger partial charge is 0.323 e. The van der Waals surface area contributed by atoms with Gasteiger partial charge in [-0.25, -0.2) is 0 Å². The second-order valence-electron chi connectivity index (χ2n) is 5.52. The minimum Gasteiger partial charge on any atom is -0.480 e. The zero-order valence-electron chi connectivity index (χ0n) is 10.7. The van der Waals surface area contributed by atoms with E-state index >= 15 is 0 Å². The van der Waals surface area contributed by atoms with Crippen LogP contribution < -0.4 is 5.73 Å². The average molecular weight is 228 g/mol. The van der Waals surface area contributed by atoms with Crippen LogP contribution in [-0.4, -0.2) is 40.6 Å². The summed E-state index contributed by atoms with van der Waals surface area (Å²) in [6.07, 6.45) is 3.09. The molecule has 0 saturated heterocycles. The molecule has 0 amide bonds. The highest BCUT2D eigenvalue weighted by Crippen LogP contribution is 2.35. The minimum atomic E-state index is -1.13. The second kappa shape index (κ2) is 4.72. The van der Waals surface area contributed by atoms with E-state index in [-0.39, 0.29) is 6.04 Å². The molecule has 16 heavy (non-hydrogen) atoms. The molecule has 1 aliphatic carbocycles. The highest BCUT2D eigenvalue weighted by molar-refractivity contribution is 5.77. The van der Waals surface area contributed by atoms with Crippen LogP contribution in [0.3, 0.4) is 0 Å². The highest BCUT2D eigenvalue weighted by atomic mass is 16.4. The van der Waals surface area contributed by atoms with E-state index in [1.165, 1.54) is 12.8 Å². The van der Waals surface area contributed by atoms with Crippen LogP contribution in [0.4, 0.5) is 0 Å². The van der Waals surface area contributed by atoms with Crippen LogP contribution in [0.25, 0.3) is 0 Å². The Morgan fingerprint density at radius 2 is 2.06 bits per heavy atom. The molecule has 0 spiro atoms. The van der Waals surface area contributed by atoms with Gasteiger partial charge in [0.05, 0.1) is 0 Å². The summed E-state index contributed by atoms with van der Waals surface area (Å²) in [7, 11) is 2.06. The molecule has 0 bridgehead atoms. The standard InChI is InChI=1S/C12H24N2O2/c1-8(7-12(3,13)11(15)16)14(4)9(2)10-5-6-10/h8-10H,5-7,13H2,1-4H3,(H,15,16). The van der Waals surface area contributed by atoms with E-state index in [2.05, 4.69) is 18.9 Å². The van der Waals surface area contributed by atoms with Crippen molar-refractivity contribution in [3.8, 4) is 0 Å². The van der Waals surface area contributed by atoms with E-state index < -0.39 is 11.5 Å². The molecule has 0 radical (unpaired) electrons. The Morgan fingerprint density at radius 3 is 2.44 bits per heavy atom. The fraction of sp³-hybridized carbons (Fsp3) is 0.917. The van der Waals surface area contributed by atoms with Crippen molar-refractivity contribution < 1.29 is 9.90 Å². The van der Waals surface area contributed by atoms with Gasteiger partial charge in [0, 0.05) is 12.1 Å². The first kappa shape index (κ1) is 13.5. The van der Waals surface area contributed by atoms with E-state index in [1.807, 2.05) is 6.92 Å². The van der Waals surface area contributed by atoms with Crippen LogP contribution in [0.15, 0.2) is 0 Å². The molecule has 0 aromatic carbocycles. The molecule has 94 valence electrons. The van der Waals surface area contributed by atoms with E-state index in [0.717, 1.165) is 5.92 Å². The number of carboxylic acids is 1. The predicted molar refractivity (Wildman–Crippen MR) is 64.3 cm³/mol. The van der Waals surface area contributed by atoms with Gasteiger partial charge in [-0.1, -0.05) is 0 Å². The van der Waals surface area contributed by atoms with Crippen molar-refractivity contribution in [3.05, 3.63) is 0 Å². The number of carboxylic acid groups (broad SMARTS) is 1. The summed E-state index contributed by atoms with van der Waals surface area (Å²) >= 11 is 0. The van der Waals surface area contributed by atoms with E-state index in [1.54, 1.807) is 6.92 Å². The van der Waals surface area contributed by atoms with Crippen LogP contribution >= 0.6 is 0 Å². The summed E-state index contributed by atoms with van der Waals surface area (Å²) in [6, 6.07) is 0.723. The molecule has 1 rings (SSSR count). The summed E-state index contributed by atoms with van der Waals surface area (Å²) in [5, 5.41) is 8.99. The molecule has 1 fully saturated rings. The Hall–Kier alpha value is -0.610. The first-order valence-corrected chi connectivity index (χ1v) is 6.00. The normalized spacial score (nSPS) is 23.9. The molecule has 3 atom stereocenters. The van der Waals surface area contributed by atoms with Gasteiger partial charge in [0.2, 0.25) is 0 Å². The quantitative estimate of drug-likeness (QED) is 0.719. The summed E-state index contributed by atoms with van der Waals surface area (Å²) in [4.78, 5) is 13.2. The van der Waals surface area contributed by atoms with Gasteiger partial charge in [-0.2, -0.15) is 0 Å². The predicted octanol–water partition coefficient (Wildman–Crippen LogP) is 1.30. The van der Waals surface area contributed by atoms with Gasteiger partial charge in [-0.3, -0.25) is 4.79 Å². The summed E-state index contributed by atoms with van der Waals surface area (Å²) in [5.41, 5.74) is 4.64. The number of hydrogen-bond donors (Lipinski definition) is 2. The molecule has 4 heteroatoms. The van der Waals surface area contributed by atoms with Gasteiger partial charge in [0.25, 0.3) is 0 Å². The van der Waals surface area contributed by atoms with Crippen molar-refractivity contribution in [2.75, 3.05) is 7.05 Å². The number of hydrogen-bond acceptors (Lipinski definition) is 3. The molecular weight excluding hydrogens is 204 g/mol. The third-order valence-electron chi connectivity index (χ3n) is 3.85. The zero-order valence-corrected chi connectivity index (χ0v) is 10.7. The number of carbonyl (C=O) groups is 1. The fourth-order valence-electron chi connectivity index (χ4n) is 2.16. The zero-order chi connectivity index (χ0) is 12.5. The summed E-state index contributed by atoms with van der Waals surface area (Å²) in [6.45, 7) is 5.84. The number of rotatable bonds is 6. The molecule has 1 saturated carbocycles. The Kier molecular flexibility index (Phi) is 3.97. The van der Waals surface area contributed by atoms with Gasteiger partial charge in [0.1, 0.15) is 5.54 Å². The first-order chi connectivity index (χ1) is 7.25. The van der Waals surface area contributed by atoms with Gasteiger partial charge in [-0.05, 0) is 53.0 Å². The van der Waals surface area contributed by atoms with Crippen molar-refractivity contribution in [1.29, 1.82) is 0 Å².